The number of hydrogen-bond acceptors (Lipinski definition) is 4. The third-order valence-corrected chi connectivity index (χ3v) is 4.17. The van der Waals surface area contributed by atoms with Gasteiger partial charge in [-0.15, -0.1) is 5.10 Å². The van der Waals surface area contributed by atoms with Gasteiger partial charge < -0.3 is 14.8 Å². The van der Waals surface area contributed by atoms with Crippen molar-refractivity contribution < 1.29 is 22.6 Å². The number of hydrogen-bond donors (Lipinski definition) is 1. The van der Waals surface area contributed by atoms with Crippen molar-refractivity contribution in [1.29, 1.82) is 0 Å². The average molecular weight is 363 g/mol. The first kappa shape index (κ1) is 16.9. The maximum Gasteiger partial charge on any atom is 0.244 e. The van der Waals surface area contributed by atoms with Gasteiger partial charge in [-0.25, -0.2) is 17.9 Å². The van der Waals surface area contributed by atoms with Crippen molar-refractivity contribution in [2.75, 3.05) is 26.3 Å². The summed E-state index contributed by atoms with van der Waals surface area (Å²) in [5, 5.41) is 7.46. The molecule has 1 unspecified atom stereocenters. The van der Waals surface area contributed by atoms with E-state index in [0.717, 1.165) is 29.4 Å². The first-order valence-electron chi connectivity index (χ1n) is 8.21. The van der Waals surface area contributed by atoms with E-state index in [1.54, 1.807) is 6.07 Å². The predicted octanol–water partition coefficient (Wildman–Crippen LogP) is 2.81. The Morgan fingerprint density at radius 2 is 2.08 bits per heavy atom. The first-order chi connectivity index (χ1) is 12.6. The SMILES string of the molecule is Fc1ccc(F)c(-n2nc(OCC3CNCCO3)c3c(F)cccc32)c1. The highest BCUT2D eigenvalue weighted by Crippen LogP contribution is 2.31. The summed E-state index contributed by atoms with van der Waals surface area (Å²) in [6.45, 7) is 2.10. The lowest BCUT2D eigenvalue weighted by atomic mass is 10.2. The Bertz CT molecular complexity index is 939. The maximum atomic E-state index is 14.4. The van der Waals surface area contributed by atoms with E-state index in [4.69, 9.17) is 9.47 Å². The van der Waals surface area contributed by atoms with Crippen LogP contribution in [0.2, 0.25) is 0 Å². The van der Waals surface area contributed by atoms with Crippen LogP contribution in [0.1, 0.15) is 0 Å². The van der Waals surface area contributed by atoms with Crippen LogP contribution in [0.5, 0.6) is 5.88 Å². The Kier molecular flexibility index (Phi) is 4.52. The van der Waals surface area contributed by atoms with E-state index in [1.807, 2.05) is 0 Å². The maximum absolute atomic E-state index is 14.4. The van der Waals surface area contributed by atoms with Crippen LogP contribution in [0, 0.1) is 17.5 Å². The summed E-state index contributed by atoms with van der Waals surface area (Å²) in [4.78, 5) is 0. The lowest BCUT2D eigenvalue weighted by Gasteiger charge is -2.23. The van der Waals surface area contributed by atoms with Crippen molar-refractivity contribution in [3.05, 3.63) is 53.8 Å². The molecule has 2 heterocycles. The summed E-state index contributed by atoms with van der Waals surface area (Å²) in [6, 6.07) is 7.33. The highest BCUT2D eigenvalue weighted by molar-refractivity contribution is 5.86. The van der Waals surface area contributed by atoms with E-state index in [2.05, 4.69) is 10.4 Å². The van der Waals surface area contributed by atoms with Gasteiger partial charge in [-0.05, 0) is 24.3 Å². The van der Waals surface area contributed by atoms with Gasteiger partial charge in [-0.1, -0.05) is 6.07 Å². The fraction of sp³-hybridized carbons (Fsp3) is 0.278. The predicted molar refractivity (Wildman–Crippen MR) is 89.0 cm³/mol. The molecule has 8 heteroatoms. The van der Waals surface area contributed by atoms with E-state index >= 15 is 0 Å². The van der Waals surface area contributed by atoms with Gasteiger partial charge in [-0.3, -0.25) is 0 Å². The van der Waals surface area contributed by atoms with Crippen LogP contribution in [0.25, 0.3) is 16.6 Å². The van der Waals surface area contributed by atoms with E-state index in [9.17, 15) is 13.2 Å². The van der Waals surface area contributed by atoms with Gasteiger partial charge in [0.1, 0.15) is 35.8 Å². The number of rotatable bonds is 4. The summed E-state index contributed by atoms with van der Waals surface area (Å²) >= 11 is 0. The monoisotopic (exact) mass is 363 g/mol. The van der Waals surface area contributed by atoms with Gasteiger partial charge in [0, 0.05) is 19.2 Å². The molecule has 1 fully saturated rings. The van der Waals surface area contributed by atoms with Crippen LogP contribution in [0.4, 0.5) is 13.2 Å². The normalized spacial score (nSPS) is 17.6. The zero-order valence-electron chi connectivity index (χ0n) is 13.7. The van der Waals surface area contributed by atoms with Gasteiger partial charge in [0.2, 0.25) is 5.88 Å². The van der Waals surface area contributed by atoms with Gasteiger partial charge in [-0.2, -0.15) is 0 Å². The van der Waals surface area contributed by atoms with Crippen LogP contribution >= 0.6 is 0 Å². The lowest BCUT2D eigenvalue weighted by molar-refractivity contribution is -0.000540. The molecule has 0 bridgehead atoms. The molecule has 136 valence electrons. The minimum Gasteiger partial charge on any atom is -0.473 e. The van der Waals surface area contributed by atoms with Crippen molar-refractivity contribution in [1.82, 2.24) is 15.1 Å². The molecule has 1 aliphatic rings. The molecule has 1 atom stereocenters. The van der Waals surface area contributed by atoms with Crippen molar-refractivity contribution >= 4 is 10.9 Å². The number of nitrogens with one attached hydrogen (secondary N) is 1. The molecular weight excluding hydrogens is 347 g/mol. The van der Waals surface area contributed by atoms with Gasteiger partial charge in [0.25, 0.3) is 0 Å². The second kappa shape index (κ2) is 6.97. The van der Waals surface area contributed by atoms with Gasteiger partial charge in [0.15, 0.2) is 0 Å². The summed E-state index contributed by atoms with van der Waals surface area (Å²) in [6.07, 6.45) is -0.193. The van der Waals surface area contributed by atoms with E-state index in [1.165, 1.54) is 12.1 Å². The van der Waals surface area contributed by atoms with Crippen molar-refractivity contribution in [2.24, 2.45) is 0 Å². The summed E-state index contributed by atoms with van der Waals surface area (Å²) < 4.78 is 54.5. The average Bonchev–Trinajstić information content (AvgIpc) is 3.03. The van der Waals surface area contributed by atoms with Gasteiger partial charge in [0.05, 0.1) is 17.5 Å². The summed E-state index contributed by atoms with van der Waals surface area (Å²) in [7, 11) is 0. The van der Waals surface area contributed by atoms with Crippen LogP contribution in [0.3, 0.4) is 0 Å². The topological polar surface area (TPSA) is 48.3 Å². The molecule has 5 nitrogen and oxygen atoms in total. The van der Waals surface area contributed by atoms with E-state index in [0.29, 0.717) is 13.2 Å². The van der Waals surface area contributed by atoms with E-state index < -0.39 is 17.5 Å². The highest BCUT2D eigenvalue weighted by Gasteiger charge is 2.21. The number of aromatic nitrogens is 2. The molecule has 3 aromatic rings. The van der Waals surface area contributed by atoms with Crippen molar-refractivity contribution in [2.45, 2.75) is 6.10 Å². The number of morpholine rings is 1. The molecule has 1 aliphatic heterocycles. The number of benzene rings is 2. The Balaban J connectivity index is 1.75. The number of ether oxygens (including phenoxy) is 2. The highest BCUT2D eigenvalue weighted by atomic mass is 19.1. The molecule has 0 spiro atoms. The molecule has 0 aliphatic carbocycles. The second-order valence-electron chi connectivity index (χ2n) is 5.95. The fourth-order valence-corrected chi connectivity index (χ4v) is 2.93. The Hall–Kier alpha value is -2.58. The van der Waals surface area contributed by atoms with Crippen LogP contribution in [0.15, 0.2) is 36.4 Å². The molecule has 1 N–H and O–H groups in total. The largest absolute Gasteiger partial charge is 0.473 e. The molecule has 2 aromatic carbocycles. The molecule has 1 saturated heterocycles. The number of halogens is 3. The molecule has 4 rings (SSSR count). The molecule has 0 amide bonds. The zero-order valence-corrected chi connectivity index (χ0v) is 13.7. The molecule has 0 radical (unpaired) electrons. The van der Waals surface area contributed by atoms with Crippen LogP contribution in [-0.2, 0) is 4.74 Å². The minimum absolute atomic E-state index is 0.0101. The molecule has 26 heavy (non-hydrogen) atoms. The second-order valence-corrected chi connectivity index (χ2v) is 5.95. The molecular formula is C18H16F3N3O2. The quantitative estimate of drug-likeness (QED) is 0.775. The minimum atomic E-state index is -0.675. The summed E-state index contributed by atoms with van der Waals surface area (Å²) in [5.41, 5.74) is 0.165. The van der Waals surface area contributed by atoms with Gasteiger partial charge >= 0.3 is 0 Å². The number of fused-ring (bicyclic) bond motifs is 1. The van der Waals surface area contributed by atoms with Crippen LogP contribution in [-0.4, -0.2) is 42.2 Å². The van der Waals surface area contributed by atoms with Crippen molar-refractivity contribution in [3.63, 3.8) is 0 Å². The zero-order chi connectivity index (χ0) is 18.1. The first-order valence-corrected chi connectivity index (χ1v) is 8.21. The van der Waals surface area contributed by atoms with Crippen molar-refractivity contribution in [3.8, 4) is 11.6 Å². The number of nitrogens with zero attached hydrogens (tertiary/aromatic N) is 2. The lowest BCUT2D eigenvalue weighted by Crippen LogP contribution is -2.41. The fourth-order valence-electron chi connectivity index (χ4n) is 2.93. The van der Waals surface area contributed by atoms with E-state index in [-0.39, 0.29) is 35.2 Å². The Morgan fingerprint density at radius 3 is 2.88 bits per heavy atom. The smallest absolute Gasteiger partial charge is 0.244 e. The van der Waals surface area contributed by atoms with Crippen LogP contribution < -0.4 is 10.1 Å². The third kappa shape index (κ3) is 3.13. The summed E-state index contributed by atoms with van der Waals surface area (Å²) in [5.74, 6) is -1.84. The third-order valence-electron chi connectivity index (χ3n) is 4.17. The Morgan fingerprint density at radius 1 is 1.19 bits per heavy atom. The standard InChI is InChI=1S/C18H16F3N3O2/c19-11-4-5-13(20)16(8-11)24-15-3-1-2-14(21)17(15)18(23-24)26-10-12-9-22-6-7-25-12/h1-5,8,12,22H,6-7,9-10H2. The molecule has 0 saturated carbocycles. The molecule has 1 aromatic heterocycles. The Labute approximate surface area is 147 Å².